The van der Waals surface area contributed by atoms with Gasteiger partial charge in [-0.15, -0.1) is 0 Å². The Kier molecular flexibility index (Phi) is 4.56. The normalized spacial score (nSPS) is 10.6. The Labute approximate surface area is 114 Å². The molecule has 0 aliphatic heterocycles. The second-order valence-corrected chi connectivity index (χ2v) is 4.44. The first-order chi connectivity index (χ1) is 9.24. The molecule has 0 saturated heterocycles. The second kappa shape index (κ2) is 6.59. The van der Waals surface area contributed by atoms with Gasteiger partial charge < -0.3 is 9.75 Å². The lowest BCUT2D eigenvalue weighted by atomic mass is 10.2. The van der Waals surface area contributed by atoms with Crippen LogP contribution in [0.2, 0.25) is 0 Å². The first-order valence-corrected chi connectivity index (χ1v) is 6.22. The quantitative estimate of drug-likeness (QED) is 0.605. The van der Waals surface area contributed by atoms with Crippen LogP contribution in [0, 0.1) is 0 Å². The molecule has 0 aliphatic carbocycles. The molecule has 0 radical (unpaired) electrons. The van der Waals surface area contributed by atoms with Crippen LogP contribution in [0.25, 0.3) is 0 Å². The summed E-state index contributed by atoms with van der Waals surface area (Å²) < 4.78 is 5.72. The molecule has 0 heterocycles. The minimum Gasteiger partial charge on any atom is -0.489 e. The third-order valence-corrected chi connectivity index (χ3v) is 2.57. The highest BCUT2D eigenvalue weighted by Crippen LogP contribution is 2.13. The van der Waals surface area contributed by atoms with Crippen molar-refractivity contribution in [3.8, 4) is 5.75 Å². The van der Waals surface area contributed by atoms with Crippen molar-refractivity contribution in [1.82, 2.24) is 5.01 Å². The highest BCUT2D eigenvalue weighted by Gasteiger charge is 1.95. The van der Waals surface area contributed by atoms with Crippen molar-refractivity contribution in [2.75, 3.05) is 14.1 Å². The average Bonchev–Trinajstić information content (AvgIpc) is 2.45. The summed E-state index contributed by atoms with van der Waals surface area (Å²) in [6.45, 7) is 0.589. The topological polar surface area (TPSA) is 24.8 Å². The Morgan fingerprint density at radius 3 is 2.32 bits per heavy atom. The van der Waals surface area contributed by atoms with E-state index in [1.165, 1.54) is 5.56 Å². The van der Waals surface area contributed by atoms with Gasteiger partial charge in [-0.1, -0.05) is 30.3 Å². The summed E-state index contributed by atoms with van der Waals surface area (Å²) in [6, 6.07) is 18.0. The van der Waals surface area contributed by atoms with Crippen LogP contribution in [-0.4, -0.2) is 25.3 Å². The van der Waals surface area contributed by atoms with Crippen LogP contribution in [-0.2, 0) is 6.61 Å². The van der Waals surface area contributed by atoms with Gasteiger partial charge in [-0.05, 0) is 35.4 Å². The molecule has 0 saturated carbocycles. The molecule has 0 fully saturated rings. The number of rotatable bonds is 5. The number of hydrogen-bond donors (Lipinski definition) is 0. The molecule has 2 aromatic rings. The largest absolute Gasteiger partial charge is 0.489 e. The molecule has 0 bridgehead atoms. The fraction of sp³-hybridized carbons (Fsp3) is 0.188. The van der Waals surface area contributed by atoms with Gasteiger partial charge in [-0.25, -0.2) is 0 Å². The lowest BCUT2D eigenvalue weighted by Gasteiger charge is -2.06. The second-order valence-electron chi connectivity index (χ2n) is 4.44. The first kappa shape index (κ1) is 13.1. The van der Waals surface area contributed by atoms with E-state index in [9.17, 15) is 0 Å². The fourth-order valence-electron chi connectivity index (χ4n) is 1.57. The third kappa shape index (κ3) is 4.47. The monoisotopic (exact) mass is 254 g/mol. The van der Waals surface area contributed by atoms with Gasteiger partial charge in [0.05, 0.1) is 6.21 Å². The van der Waals surface area contributed by atoms with E-state index in [4.69, 9.17) is 4.74 Å². The zero-order valence-electron chi connectivity index (χ0n) is 11.3. The van der Waals surface area contributed by atoms with Gasteiger partial charge in [-0.3, -0.25) is 0 Å². The van der Waals surface area contributed by atoms with E-state index in [1.807, 2.05) is 62.8 Å². The molecule has 0 aliphatic rings. The number of ether oxygens (including phenoxy) is 1. The Morgan fingerprint density at radius 1 is 1.00 bits per heavy atom. The molecule has 19 heavy (non-hydrogen) atoms. The van der Waals surface area contributed by atoms with Gasteiger partial charge >= 0.3 is 0 Å². The molecule has 0 spiro atoms. The molecular formula is C16H18N2O. The summed E-state index contributed by atoms with van der Waals surface area (Å²) in [5.41, 5.74) is 2.22. The van der Waals surface area contributed by atoms with Crippen molar-refractivity contribution in [3.63, 3.8) is 0 Å². The Bertz CT molecular complexity index is 518. The molecule has 2 rings (SSSR count). The van der Waals surface area contributed by atoms with Gasteiger partial charge in [0.25, 0.3) is 0 Å². The van der Waals surface area contributed by atoms with Crippen molar-refractivity contribution >= 4 is 6.21 Å². The smallest absolute Gasteiger partial charge is 0.119 e. The van der Waals surface area contributed by atoms with Gasteiger partial charge in [-0.2, -0.15) is 5.10 Å². The molecule has 0 amide bonds. The van der Waals surface area contributed by atoms with Crippen LogP contribution in [0.15, 0.2) is 59.7 Å². The lowest BCUT2D eigenvalue weighted by molar-refractivity contribution is 0.306. The number of benzene rings is 2. The third-order valence-electron chi connectivity index (χ3n) is 2.57. The van der Waals surface area contributed by atoms with Gasteiger partial charge in [0.2, 0.25) is 0 Å². The maximum absolute atomic E-state index is 5.72. The number of nitrogens with zero attached hydrogens (tertiary/aromatic N) is 2. The van der Waals surface area contributed by atoms with E-state index < -0.39 is 0 Å². The Balaban J connectivity index is 1.92. The zero-order chi connectivity index (χ0) is 13.5. The Morgan fingerprint density at radius 2 is 1.68 bits per heavy atom. The van der Waals surface area contributed by atoms with Crippen molar-refractivity contribution in [3.05, 3.63) is 65.7 Å². The molecule has 3 nitrogen and oxygen atoms in total. The van der Waals surface area contributed by atoms with E-state index in [0.717, 1.165) is 11.3 Å². The zero-order valence-corrected chi connectivity index (χ0v) is 11.3. The van der Waals surface area contributed by atoms with Crippen LogP contribution >= 0.6 is 0 Å². The summed E-state index contributed by atoms with van der Waals surface area (Å²) in [4.78, 5) is 0. The predicted octanol–water partition coefficient (Wildman–Crippen LogP) is 3.16. The fourth-order valence-corrected chi connectivity index (χ4v) is 1.57. The van der Waals surface area contributed by atoms with E-state index in [1.54, 1.807) is 5.01 Å². The van der Waals surface area contributed by atoms with Crippen LogP contribution < -0.4 is 4.74 Å². The summed E-state index contributed by atoms with van der Waals surface area (Å²) in [6.07, 6.45) is 1.82. The molecule has 3 heteroatoms. The predicted molar refractivity (Wildman–Crippen MR) is 78.5 cm³/mol. The van der Waals surface area contributed by atoms with Crippen molar-refractivity contribution < 1.29 is 4.74 Å². The molecule has 98 valence electrons. The van der Waals surface area contributed by atoms with Gasteiger partial charge in [0, 0.05) is 14.1 Å². The highest BCUT2D eigenvalue weighted by atomic mass is 16.5. The molecule has 0 atom stereocenters. The van der Waals surface area contributed by atoms with Crippen LogP contribution in [0.4, 0.5) is 0 Å². The number of hydrogen-bond acceptors (Lipinski definition) is 3. The summed E-state index contributed by atoms with van der Waals surface area (Å²) in [5.74, 6) is 0.867. The average molecular weight is 254 g/mol. The molecular weight excluding hydrogens is 236 g/mol. The summed E-state index contributed by atoms with van der Waals surface area (Å²) in [7, 11) is 3.79. The van der Waals surface area contributed by atoms with Crippen molar-refractivity contribution in [2.45, 2.75) is 6.61 Å². The van der Waals surface area contributed by atoms with Crippen molar-refractivity contribution in [1.29, 1.82) is 0 Å². The van der Waals surface area contributed by atoms with E-state index in [0.29, 0.717) is 6.61 Å². The van der Waals surface area contributed by atoms with Crippen LogP contribution in [0.3, 0.4) is 0 Å². The van der Waals surface area contributed by atoms with E-state index in [2.05, 4.69) is 17.2 Å². The Hall–Kier alpha value is -2.29. The summed E-state index contributed by atoms with van der Waals surface area (Å²) >= 11 is 0. The minimum absolute atomic E-state index is 0.589. The van der Waals surface area contributed by atoms with Crippen molar-refractivity contribution in [2.24, 2.45) is 5.10 Å². The van der Waals surface area contributed by atoms with Gasteiger partial charge in [0.15, 0.2) is 0 Å². The number of hydrazone groups is 1. The SMILES string of the molecule is CN(C)N=Cc1ccc(OCc2ccccc2)cc1. The van der Waals surface area contributed by atoms with E-state index in [-0.39, 0.29) is 0 Å². The standard InChI is InChI=1S/C16H18N2O/c1-18(2)17-12-14-8-10-16(11-9-14)19-13-15-6-4-3-5-7-15/h3-12H,13H2,1-2H3. The maximum atomic E-state index is 5.72. The molecule has 0 aromatic heterocycles. The van der Waals surface area contributed by atoms with Crippen LogP contribution in [0.1, 0.15) is 11.1 Å². The lowest BCUT2D eigenvalue weighted by Crippen LogP contribution is -2.01. The highest BCUT2D eigenvalue weighted by molar-refractivity contribution is 5.79. The van der Waals surface area contributed by atoms with Crippen LogP contribution in [0.5, 0.6) is 5.75 Å². The first-order valence-electron chi connectivity index (χ1n) is 6.22. The minimum atomic E-state index is 0.589. The summed E-state index contributed by atoms with van der Waals surface area (Å²) in [5, 5.41) is 5.95. The van der Waals surface area contributed by atoms with E-state index >= 15 is 0 Å². The maximum Gasteiger partial charge on any atom is 0.119 e. The molecule has 0 unspecified atom stereocenters. The van der Waals surface area contributed by atoms with Gasteiger partial charge in [0.1, 0.15) is 12.4 Å². The molecule has 2 aromatic carbocycles. The molecule has 0 N–H and O–H groups in total.